The Morgan fingerprint density at radius 1 is 0.826 bits per heavy atom. The number of benzene rings is 2. The molecule has 1 aliphatic heterocycles. The van der Waals surface area contributed by atoms with E-state index in [1.54, 1.807) is 0 Å². The predicted molar refractivity (Wildman–Crippen MR) is 88.5 cm³/mol. The smallest absolute Gasteiger partial charge is 0.141 e. The summed E-state index contributed by atoms with van der Waals surface area (Å²) >= 11 is 0. The van der Waals surface area contributed by atoms with E-state index in [2.05, 4.69) is 28.7 Å². The summed E-state index contributed by atoms with van der Waals surface area (Å²) in [4.78, 5) is 4.63. The molecule has 0 bridgehead atoms. The van der Waals surface area contributed by atoms with E-state index in [0.717, 1.165) is 37.4 Å². The van der Waals surface area contributed by atoms with Gasteiger partial charge in [-0.05, 0) is 43.4 Å². The van der Waals surface area contributed by atoms with Gasteiger partial charge in [-0.2, -0.15) is 0 Å². The fourth-order valence-corrected chi connectivity index (χ4v) is 2.57. The highest BCUT2D eigenvalue weighted by molar-refractivity contribution is 5.52. The molecule has 1 fully saturated rings. The zero-order valence-corrected chi connectivity index (χ0v) is 13.0. The second-order valence-corrected chi connectivity index (χ2v) is 5.68. The summed E-state index contributed by atoms with van der Waals surface area (Å²) in [6.07, 6.45) is 0. The lowest BCUT2D eigenvalue weighted by atomic mass is 10.1. The standard InChI is InChI=1S/C19H18F2N2/c1-22-11-13-23(14-12-22)16-8-5-15(6-9-16)7-10-17-18(20)3-2-4-19(17)21/h2-6,8-9H,11-14H2,1H3. The molecule has 3 rings (SSSR count). The first kappa shape index (κ1) is 15.5. The molecule has 118 valence electrons. The highest BCUT2D eigenvalue weighted by Crippen LogP contribution is 2.17. The lowest BCUT2D eigenvalue weighted by Gasteiger charge is -2.34. The van der Waals surface area contributed by atoms with Crippen LogP contribution in [0.25, 0.3) is 0 Å². The van der Waals surface area contributed by atoms with Crippen molar-refractivity contribution in [2.24, 2.45) is 0 Å². The monoisotopic (exact) mass is 312 g/mol. The third-order valence-corrected chi connectivity index (χ3v) is 4.03. The van der Waals surface area contributed by atoms with Crippen LogP contribution in [0.15, 0.2) is 42.5 Å². The number of anilines is 1. The molecule has 0 radical (unpaired) electrons. The molecule has 2 nitrogen and oxygen atoms in total. The maximum absolute atomic E-state index is 13.5. The van der Waals surface area contributed by atoms with E-state index in [0.29, 0.717) is 0 Å². The van der Waals surface area contributed by atoms with Gasteiger partial charge in [0.1, 0.15) is 11.6 Å². The Morgan fingerprint density at radius 2 is 1.43 bits per heavy atom. The molecule has 0 aliphatic carbocycles. The van der Waals surface area contributed by atoms with Gasteiger partial charge in [0.15, 0.2) is 0 Å². The molecule has 0 spiro atoms. The van der Waals surface area contributed by atoms with Gasteiger partial charge in [-0.3, -0.25) is 0 Å². The molecular formula is C19H18F2N2. The summed E-state index contributed by atoms with van der Waals surface area (Å²) in [5.41, 5.74) is 1.71. The minimum absolute atomic E-state index is 0.185. The van der Waals surface area contributed by atoms with Crippen LogP contribution in [0.4, 0.5) is 14.5 Å². The highest BCUT2D eigenvalue weighted by atomic mass is 19.1. The van der Waals surface area contributed by atoms with Gasteiger partial charge >= 0.3 is 0 Å². The van der Waals surface area contributed by atoms with Gasteiger partial charge in [0, 0.05) is 37.4 Å². The molecule has 0 atom stereocenters. The van der Waals surface area contributed by atoms with E-state index >= 15 is 0 Å². The molecule has 1 aliphatic rings. The van der Waals surface area contributed by atoms with E-state index in [1.165, 1.54) is 18.2 Å². The Balaban J connectivity index is 1.75. The van der Waals surface area contributed by atoms with Crippen molar-refractivity contribution in [3.63, 3.8) is 0 Å². The maximum Gasteiger partial charge on any atom is 0.141 e. The number of rotatable bonds is 1. The average molecular weight is 312 g/mol. The lowest BCUT2D eigenvalue weighted by molar-refractivity contribution is 0.313. The molecule has 0 unspecified atom stereocenters. The number of likely N-dealkylation sites (N-methyl/N-ethyl adjacent to an activating group) is 1. The van der Waals surface area contributed by atoms with Crippen molar-refractivity contribution < 1.29 is 8.78 Å². The number of hydrogen-bond donors (Lipinski definition) is 0. The van der Waals surface area contributed by atoms with Crippen LogP contribution in [0.5, 0.6) is 0 Å². The van der Waals surface area contributed by atoms with Crippen LogP contribution in [0.2, 0.25) is 0 Å². The number of piperazine rings is 1. The van der Waals surface area contributed by atoms with Crippen molar-refractivity contribution in [2.45, 2.75) is 0 Å². The number of hydrogen-bond acceptors (Lipinski definition) is 2. The van der Waals surface area contributed by atoms with Crippen molar-refractivity contribution in [2.75, 3.05) is 38.1 Å². The van der Waals surface area contributed by atoms with Crippen molar-refractivity contribution >= 4 is 5.69 Å². The van der Waals surface area contributed by atoms with Crippen LogP contribution in [0.3, 0.4) is 0 Å². The van der Waals surface area contributed by atoms with Gasteiger partial charge in [-0.1, -0.05) is 17.9 Å². The Labute approximate surface area is 135 Å². The molecule has 4 heteroatoms. The van der Waals surface area contributed by atoms with Gasteiger partial charge in [-0.15, -0.1) is 0 Å². The Hall–Kier alpha value is -2.38. The first-order chi connectivity index (χ1) is 11.1. The van der Waals surface area contributed by atoms with Gasteiger partial charge < -0.3 is 9.80 Å². The maximum atomic E-state index is 13.5. The molecule has 0 amide bonds. The van der Waals surface area contributed by atoms with E-state index in [1.807, 2.05) is 24.3 Å². The summed E-state index contributed by atoms with van der Waals surface area (Å²) in [5.74, 6) is 4.14. The predicted octanol–water partition coefficient (Wildman–Crippen LogP) is 3.12. The second-order valence-electron chi connectivity index (χ2n) is 5.68. The largest absolute Gasteiger partial charge is 0.369 e. The molecule has 0 N–H and O–H groups in total. The Kier molecular flexibility index (Phi) is 4.59. The van der Waals surface area contributed by atoms with E-state index in [9.17, 15) is 8.78 Å². The molecule has 23 heavy (non-hydrogen) atoms. The molecule has 0 saturated carbocycles. The quantitative estimate of drug-likeness (QED) is 0.747. The average Bonchev–Trinajstić information content (AvgIpc) is 2.56. The van der Waals surface area contributed by atoms with E-state index in [4.69, 9.17) is 0 Å². The van der Waals surface area contributed by atoms with Crippen molar-refractivity contribution in [1.82, 2.24) is 4.90 Å². The molecular weight excluding hydrogens is 294 g/mol. The molecule has 0 aromatic heterocycles. The van der Waals surface area contributed by atoms with Crippen LogP contribution < -0.4 is 4.90 Å². The highest BCUT2D eigenvalue weighted by Gasteiger charge is 2.13. The van der Waals surface area contributed by atoms with Crippen LogP contribution in [-0.4, -0.2) is 38.1 Å². The first-order valence-electron chi connectivity index (χ1n) is 7.63. The SMILES string of the molecule is CN1CCN(c2ccc(C#Cc3c(F)cccc3F)cc2)CC1. The molecule has 2 aromatic carbocycles. The van der Waals surface area contributed by atoms with Gasteiger partial charge in [0.2, 0.25) is 0 Å². The van der Waals surface area contributed by atoms with Crippen LogP contribution in [0, 0.1) is 23.5 Å². The van der Waals surface area contributed by atoms with Gasteiger partial charge in [0.25, 0.3) is 0 Å². The molecule has 2 aromatic rings. The zero-order valence-electron chi connectivity index (χ0n) is 13.0. The van der Waals surface area contributed by atoms with Crippen molar-refractivity contribution in [3.05, 3.63) is 65.2 Å². The molecule has 1 heterocycles. The number of halogens is 2. The minimum atomic E-state index is -0.633. The third-order valence-electron chi connectivity index (χ3n) is 4.03. The second kappa shape index (κ2) is 6.80. The minimum Gasteiger partial charge on any atom is -0.369 e. The summed E-state index contributed by atoms with van der Waals surface area (Å²) in [6.45, 7) is 4.10. The topological polar surface area (TPSA) is 6.48 Å². The summed E-state index contributed by atoms with van der Waals surface area (Å²) < 4.78 is 27.1. The zero-order chi connectivity index (χ0) is 16.2. The Morgan fingerprint density at radius 3 is 2.04 bits per heavy atom. The van der Waals surface area contributed by atoms with Gasteiger partial charge in [-0.25, -0.2) is 8.78 Å². The van der Waals surface area contributed by atoms with E-state index < -0.39 is 11.6 Å². The number of nitrogens with zero attached hydrogens (tertiary/aromatic N) is 2. The van der Waals surface area contributed by atoms with Crippen molar-refractivity contribution in [3.8, 4) is 11.8 Å². The molecule has 1 saturated heterocycles. The fraction of sp³-hybridized carbons (Fsp3) is 0.263. The Bertz CT molecular complexity index is 716. The van der Waals surface area contributed by atoms with E-state index in [-0.39, 0.29) is 5.56 Å². The van der Waals surface area contributed by atoms with Crippen LogP contribution in [0.1, 0.15) is 11.1 Å². The fourth-order valence-electron chi connectivity index (χ4n) is 2.57. The van der Waals surface area contributed by atoms with Crippen molar-refractivity contribution in [1.29, 1.82) is 0 Å². The van der Waals surface area contributed by atoms with Gasteiger partial charge in [0.05, 0.1) is 5.56 Å². The van der Waals surface area contributed by atoms with Crippen LogP contribution >= 0.6 is 0 Å². The summed E-state index contributed by atoms with van der Waals surface area (Å²) in [6, 6.07) is 11.5. The normalized spacial score (nSPS) is 15.2. The lowest BCUT2D eigenvalue weighted by Crippen LogP contribution is -2.44. The summed E-state index contributed by atoms with van der Waals surface area (Å²) in [7, 11) is 2.12. The summed E-state index contributed by atoms with van der Waals surface area (Å²) in [5, 5.41) is 0. The van der Waals surface area contributed by atoms with Crippen LogP contribution in [-0.2, 0) is 0 Å². The third kappa shape index (κ3) is 3.69. The first-order valence-corrected chi connectivity index (χ1v) is 7.63.